The van der Waals surface area contributed by atoms with Gasteiger partial charge >= 0.3 is 12.1 Å². The van der Waals surface area contributed by atoms with Gasteiger partial charge in [0.05, 0.1) is 5.69 Å². The monoisotopic (exact) mass is 386 g/mol. The van der Waals surface area contributed by atoms with Crippen LogP contribution in [0.15, 0.2) is 45.6 Å². The van der Waals surface area contributed by atoms with E-state index in [1.165, 1.54) is 24.3 Å². The highest BCUT2D eigenvalue weighted by Crippen LogP contribution is 2.49. The van der Waals surface area contributed by atoms with Crippen LogP contribution in [-0.4, -0.2) is 21.8 Å². The zero-order chi connectivity index (χ0) is 19.4. The minimum Gasteiger partial charge on any atom is -0.406 e. The quantitative estimate of drug-likeness (QED) is 0.631. The van der Waals surface area contributed by atoms with Crippen LogP contribution >= 0.6 is 0 Å². The van der Waals surface area contributed by atoms with Crippen molar-refractivity contribution >= 4 is 11.2 Å². The second-order valence-electron chi connectivity index (χ2n) is 6.23. The van der Waals surface area contributed by atoms with Crippen molar-refractivity contribution in [1.29, 1.82) is 0 Å². The molecule has 2 aromatic heterocycles. The van der Waals surface area contributed by atoms with Gasteiger partial charge in [-0.05, 0) is 36.4 Å². The molecule has 0 N–H and O–H groups in total. The van der Waals surface area contributed by atoms with E-state index in [1.54, 1.807) is 0 Å². The predicted octanol–water partition coefficient (Wildman–Crippen LogP) is 4.21. The van der Waals surface area contributed by atoms with Gasteiger partial charge in [0.15, 0.2) is 11.2 Å². The molecule has 1 aromatic carbocycles. The van der Waals surface area contributed by atoms with E-state index >= 15 is 0 Å². The van der Waals surface area contributed by atoms with E-state index in [0.29, 0.717) is 11.3 Å². The predicted molar refractivity (Wildman–Crippen MR) is 83.4 cm³/mol. The Balaban J connectivity index is 1.66. The molecule has 142 valence electrons. The first-order valence-electron chi connectivity index (χ1n) is 7.87. The molecule has 0 bridgehead atoms. The molecule has 1 atom stereocenters. The average molecular weight is 386 g/mol. The van der Waals surface area contributed by atoms with Gasteiger partial charge in [-0.25, -0.2) is 18.6 Å². The summed E-state index contributed by atoms with van der Waals surface area (Å²) in [4.78, 5) is 16.2. The molecule has 5 nitrogen and oxygen atoms in total. The number of hydrogen-bond donors (Lipinski definition) is 0. The van der Waals surface area contributed by atoms with Crippen molar-refractivity contribution in [3.05, 3.63) is 46.9 Å². The maximum Gasteiger partial charge on any atom is 0.573 e. The molecule has 4 rings (SSSR count). The van der Waals surface area contributed by atoms with E-state index in [2.05, 4.69) is 9.72 Å². The highest BCUT2D eigenvalue weighted by molar-refractivity contribution is 5.73. The number of ether oxygens (including phenoxy) is 1. The summed E-state index contributed by atoms with van der Waals surface area (Å²) in [5, 5.41) is 0. The van der Waals surface area contributed by atoms with Gasteiger partial charge in [0.1, 0.15) is 5.75 Å². The number of alkyl halides is 5. The van der Waals surface area contributed by atoms with Crippen molar-refractivity contribution in [2.45, 2.75) is 25.3 Å². The van der Waals surface area contributed by atoms with Crippen LogP contribution in [0.3, 0.4) is 0 Å². The molecular formula is C17H11F5N2O3. The molecule has 0 radical (unpaired) electrons. The summed E-state index contributed by atoms with van der Waals surface area (Å²) in [6.45, 7) is -0.215. The zero-order valence-electron chi connectivity index (χ0n) is 13.5. The number of aromatic nitrogens is 2. The molecule has 27 heavy (non-hydrogen) atoms. The first-order valence-corrected chi connectivity index (χ1v) is 7.87. The standard InChI is InChI=1S/C17H11F5N2O3/c18-16(19)7-10(16)8-24-14-13(26-15(24)25)6-5-12(23-14)9-1-3-11(4-2-9)27-17(20,21)22/h1-6,10H,7-8H2/t10-/m0/s1. The minimum atomic E-state index is -4.80. The van der Waals surface area contributed by atoms with Gasteiger partial charge in [0.2, 0.25) is 0 Å². The van der Waals surface area contributed by atoms with Crippen molar-refractivity contribution in [2.24, 2.45) is 5.92 Å². The van der Waals surface area contributed by atoms with E-state index in [0.717, 1.165) is 16.7 Å². The minimum absolute atomic E-state index is 0.107. The molecule has 3 aromatic rings. The molecule has 0 amide bonds. The van der Waals surface area contributed by atoms with E-state index in [4.69, 9.17) is 4.42 Å². The molecule has 1 aliphatic rings. The summed E-state index contributed by atoms with van der Waals surface area (Å²) in [6.07, 6.45) is -5.09. The summed E-state index contributed by atoms with van der Waals surface area (Å²) >= 11 is 0. The van der Waals surface area contributed by atoms with Crippen LogP contribution in [0.2, 0.25) is 0 Å². The highest BCUT2D eigenvalue weighted by atomic mass is 19.4. The van der Waals surface area contributed by atoms with E-state index in [-0.39, 0.29) is 29.9 Å². The largest absolute Gasteiger partial charge is 0.573 e. The number of hydrogen-bond acceptors (Lipinski definition) is 4. The van der Waals surface area contributed by atoms with Crippen LogP contribution < -0.4 is 10.5 Å². The van der Waals surface area contributed by atoms with Gasteiger partial charge in [-0.2, -0.15) is 0 Å². The Hall–Kier alpha value is -2.91. The molecule has 0 aliphatic heterocycles. The Labute approximate surface area is 148 Å². The number of oxazole rings is 1. The lowest BCUT2D eigenvalue weighted by molar-refractivity contribution is -0.274. The van der Waals surface area contributed by atoms with Gasteiger partial charge in [0, 0.05) is 24.4 Å². The zero-order valence-corrected chi connectivity index (χ0v) is 13.5. The number of fused-ring (bicyclic) bond motifs is 1. The Bertz CT molecular complexity index is 1050. The molecule has 2 heterocycles. The van der Waals surface area contributed by atoms with E-state index in [9.17, 15) is 26.7 Å². The van der Waals surface area contributed by atoms with E-state index in [1.807, 2.05) is 0 Å². The lowest BCUT2D eigenvalue weighted by atomic mass is 10.1. The van der Waals surface area contributed by atoms with Crippen LogP contribution in [0.4, 0.5) is 22.0 Å². The van der Waals surface area contributed by atoms with E-state index < -0.39 is 24.0 Å². The smallest absolute Gasteiger partial charge is 0.406 e. The topological polar surface area (TPSA) is 57.3 Å². The number of benzene rings is 1. The lowest BCUT2D eigenvalue weighted by Crippen LogP contribution is -2.17. The molecule has 1 aliphatic carbocycles. The molecule has 0 unspecified atom stereocenters. The molecule has 0 spiro atoms. The van der Waals surface area contributed by atoms with Gasteiger partial charge in [-0.15, -0.1) is 13.2 Å². The fourth-order valence-electron chi connectivity index (χ4n) is 2.78. The second kappa shape index (κ2) is 5.80. The highest BCUT2D eigenvalue weighted by Gasteiger charge is 2.57. The van der Waals surface area contributed by atoms with Crippen molar-refractivity contribution < 1.29 is 31.1 Å². The van der Waals surface area contributed by atoms with Crippen molar-refractivity contribution in [3.8, 4) is 17.0 Å². The molecule has 1 saturated carbocycles. The van der Waals surface area contributed by atoms with Crippen LogP contribution in [-0.2, 0) is 6.54 Å². The molecule has 10 heteroatoms. The molecule has 0 saturated heterocycles. The molecular weight excluding hydrogens is 375 g/mol. The van der Waals surface area contributed by atoms with Crippen LogP contribution in [0.5, 0.6) is 5.75 Å². The fraction of sp³-hybridized carbons (Fsp3) is 0.294. The van der Waals surface area contributed by atoms with Crippen molar-refractivity contribution in [1.82, 2.24) is 9.55 Å². The van der Waals surface area contributed by atoms with Crippen molar-refractivity contribution in [3.63, 3.8) is 0 Å². The Kier molecular flexibility index (Phi) is 3.76. The normalized spacial score (nSPS) is 18.6. The number of pyridine rings is 1. The second-order valence-corrected chi connectivity index (χ2v) is 6.23. The summed E-state index contributed by atoms with van der Waals surface area (Å²) in [5.74, 6) is -4.91. The Morgan fingerprint density at radius 1 is 1.19 bits per heavy atom. The number of nitrogens with zero attached hydrogens (tertiary/aromatic N) is 2. The van der Waals surface area contributed by atoms with Crippen LogP contribution in [0, 0.1) is 5.92 Å². The van der Waals surface area contributed by atoms with Gasteiger partial charge in [0.25, 0.3) is 5.92 Å². The molecule has 1 fully saturated rings. The third-order valence-electron chi connectivity index (χ3n) is 4.25. The maximum atomic E-state index is 13.2. The van der Waals surface area contributed by atoms with Crippen LogP contribution in [0.1, 0.15) is 6.42 Å². The maximum absolute atomic E-state index is 13.2. The summed E-state index contributed by atoms with van der Waals surface area (Å²) in [6, 6.07) is 7.96. The first kappa shape index (κ1) is 17.5. The SMILES string of the molecule is O=c1oc2ccc(-c3ccc(OC(F)(F)F)cc3)nc2n1C[C@@H]1CC1(F)F. The van der Waals surface area contributed by atoms with Crippen molar-refractivity contribution in [2.75, 3.05) is 0 Å². The first-order chi connectivity index (χ1) is 12.6. The van der Waals surface area contributed by atoms with Crippen LogP contribution in [0.25, 0.3) is 22.5 Å². The lowest BCUT2D eigenvalue weighted by Gasteiger charge is -2.09. The average Bonchev–Trinajstić information content (AvgIpc) is 3.05. The Morgan fingerprint density at radius 2 is 1.85 bits per heavy atom. The van der Waals surface area contributed by atoms with Gasteiger partial charge in [-0.3, -0.25) is 4.57 Å². The summed E-state index contributed by atoms with van der Waals surface area (Å²) < 4.78 is 72.8. The Morgan fingerprint density at radius 3 is 2.44 bits per heavy atom. The third kappa shape index (κ3) is 3.51. The summed E-state index contributed by atoms with van der Waals surface area (Å²) in [5.41, 5.74) is 1.06. The van der Waals surface area contributed by atoms with Gasteiger partial charge in [-0.1, -0.05) is 0 Å². The third-order valence-corrected chi connectivity index (χ3v) is 4.25. The van der Waals surface area contributed by atoms with Gasteiger partial charge < -0.3 is 9.15 Å². The number of halogens is 5. The summed E-state index contributed by atoms with van der Waals surface area (Å²) in [7, 11) is 0. The fourth-order valence-corrected chi connectivity index (χ4v) is 2.78. The number of rotatable bonds is 4.